The maximum Gasteiger partial charge on any atom is 0.240 e. The van der Waals surface area contributed by atoms with Crippen molar-refractivity contribution in [3.8, 4) is 5.75 Å². The van der Waals surface area contributed by atoms with Crippen LogP contribution >= 0.6 is 15.9 Å². The first kappa shape index (κ1) is 23.8. The number of carbonyl (C=O) groups is 1. The monoisotopic (exact) mass is 517 g/mol. The fourth-order valence-electron chi connectivity index (χ4n) is 4.04. The van der Waals surface area contributed by atoms with E-state index in [0.29, 0.717) is 6.42 Å². The van der Waals surface area contributed by atoms with Gasteiger partial charge < -0.3 is 9.30 Å². The smallest absolute Gasteiger partial charge is 0.240 e. The van der Waals surface area contributed by atoms with Crippen molar-refractivity contribution < 1.29 is 9.53 Å². The first-order valence-electron chi connectivity index (χ1n) is 11.3. The SMILES string of the molecule is COc1ccc(CCCC(=O)N/N=C\c2cn(Cc3ccc(Br)cc3)c3ccccc23)c(C)c1. The highest BCUT2D eigenvalue weighted by Gasteiger charge is 2.08. The summed E-state index contributed by atoms with van der Waals surface area (Å²) in [6, 6.07) is 22.6. The van der Waals surface area contributed by atoms with Crippen LogP contribution in [0.25, 0.3) is 10.9 Å². The van der Waals surface area contributed by atoms with Gasteiger partial charge in [-0.2, -0.15) is 5.10 Å². The second-order valence-electron chi connectivity index (χ2n) is 8.30. The molecule has 6 heteroatoms. The zero-order valence-corrected chi connectivity index (χ0v) is 21.0. The van der Waals surface area contributed by atoms with Crippen molar-refractivity contribution in [3.63, 3.8) is 0 Å². The zero-order chi connectivity index (χ0) is 23.9. The van der Waals surface area contributed by atoms with Gasteiger partial charge in [0.15, 0.2) is 0 Å². The molecule has 0 atom stereocenters. The Hall–Kier alpha value is -3.38. The van der Waals surface area contributed by atoms with Crippen molar-refractivity contribution in [2.24, 2.45) is 5.10 Å². The Labute approximate surface area is 208 Å². The number of rotatable bonds is 9. The fourth-order valence-corrected chi connectivity index (χ4v) is 4.30. The molecule has 0 saturated carbocycles. The standard InChI is InChI=1S/C28H28BrN3O2/c1-20-16-25(34-2)15-12-22(20)6-5-9-28(33)31-30-17-23-19-32(27-8-4-3-7-26(23)27)18-21-10-13-24(29)14-11-21/h3-4,7-8,10-17,19H,5-6,9,18H2,1-2H3,(H,31,33)/b30-17-. The number of carbonyl (C=O) groups excluding carboxylic acids is 1. The summed E-state index contributed by atoms with van der Waals surface area (Å²) in [5, 5.41) is 5.33. The van der Waals surface area contributed by atoms with Gasteiger partial charge in [0.1, 0.15) is 5.75 Å². The largest absolute Gasteiger partial charge is 0.497 e. The maximum atomic E-state index is 12.3. The lowest BCUT2D eigenvalue weighted by molar-refractivity contribution is -0.121. The van der Waals surface area contributed by atoms with Crippen molar-refractivity contribution in [2.45, 2.75) is 32.7 Å². The Bertz CT molecular complexity index is 1310. The number of hydrazone groups is 1. The van der Waals surface area contributed by atoms with E-state index < -0.39 is 0 Å². The van der Waals surface area contributed by atoms with Crippen molar-refractivity contribution in [1.29, 1.82) is 0 Å². The molecule has 3 aromatic carbocycles. The molecule has 1 heterocycles. The number of nitrogens with one attached hydrogen (secondary N) is 1. The predicted octanol–water partition coefficient (Wildman–Crippen LogP) is 6.24. The molecule has 1 amide bonds. The van der Waals surface area contributed by atoms with E-state index in [9.17, 15) is 4.79 Å². The van der Waals surface area contributed by atoms with Crippen LogP contribution in [0.2, 0.25) is 0 Å². The molecule has 5 nitrogen and oxygen atoms in total. The van der Waals surface area contributed by atoms with Gasteiger partial charge in [0.2, 0.25) is 5.91 Å². The van der Waals surface area contributed by atoms with Gasteiger partial charge in [0, 0.05) is 40.1 Å². The number of aryl methyl sites for hydroxylation is 2. The van der Waals surface area contributed by atoms with Crippen molar-refractivity contribution in [1.82, 2.24) is 9.99 Å². The van der Waals surface area contributed by atoms with Gasteiger partial charge in [-0.25, -0.2) is 5.43 Å². The van der Waals surface area contributed by atoms with E-state index in [-0.39, 0.29) is 5.91 Å². The Morgan fingerprint density at radius 2 is 1.91 bits per heavy atom. The maximum absolute atomic E-state index is 12.3. The first-order valence-corrected chi connectivity index (χ1v) is 12.1. The number of para-hydroxylation sites is 1. The molecule has 4 aromatic rings. The molecule has 1 aromatic heterocycles. The summed E-state index contributed by atoms with van der Waals surface area (Å²) < 4.78 is 8.53. The number of hydrogen-bond acceptors (Lipinski definition) is 3. The van der Waals surface area contributed by atoms with Crippen LogP contribution in [0, 0.1) is 6.92 Å². The molecule has 0 aliphatic heterocycles. The predicted molar refractivity (Wildman–Crippen MR) is 142 cm³/mol. The quantitative estimate of drug-likeness (QED) is 0.211. The minimum Gasteiger partial charge on any atom is -0.497 e. The Kier molecular flexibility index (Phi) is 7.80. The Balaban J connectivity index is 1.36. The van der Waals surface area contributed by atoms with Crippen molar-refractivity contribution in [3.05, 3.63) is 99.7 Å². The van der Waals surface area contributed by atoms with E-state index in [2.05, 4.69) is 86.6 Å². The number of ether oxygens (including phenoxy) is 1. The van der Waals surface area contributed by atoms with E-state index in [1.807, 2.05) is 24.3 Å². The molecule has 0 aliphatic rings. The molecular weight excluding hydrogens is 490 g/mol. The third kappa shape index (κ3) is 5.94. The molecular formula is C28H28BrN3O2. The highest BCUT2D eigenvalue weighted by molar-refractivity contribution is 9.10. The van der Waals surface area contributed by atoms with E-state index in [1.165, 1.54) is 16.7 Å². The summed E-state index contributed by atoms with van der Waals surface area (Å²) in [7, 11) is 1.67. The molecule has 0 spiro atoms. The average molecular weight is 518 g/mol. The van der Waals surface area contributed by atoms with Gasteiger partial charge in [-0.15, -0.1) is 0 Å². The van der Waals surface area contributed by atoms with Crippen LogP contribution in [0.15, 0.2) is 82.5 Å². The van der Waals surface area contributed by atoms with Gasteiger partial charge in [-0.05, 0) is 66.8 Å². The summed E-state index contributed by atoms with van der Waals surface area (Å²) in [5.74, 6) is 0.771. The summed E-state index contributed by atoms with van der Waals surface area (Å²) in [6.07, 6.45) is 5.84. The molecule has 34 heavy (non-hydrogen) atoms. The number of halogens is 1. The topological polar surface area (TPSA) is 55.6 Å². The molecule has 174 valence electrons. The molecule has 0 unspecified atom stereocenters. The van der Waals surface area contributed by atoms with Gasteiger partial charge in [-0.3, -0.25) is 4.79 Å². The van der Waals surface area contributed by atoms with Crippen molar-refractivity contribution in [2.75, 3.05) is 7.11 Å². The van der Waals surface area contributed by atoms with Crippen LogP contribution in [-0.2, 0) is 17.8 Å². The molecule has 0 radical (unpaired) electrons. The van der Waals surface area contributed by atoms with Crippen LogP contribution in [0.3, 0.4) is 0 Å². The van der Waals surface area contributed by atoms with Crippen LogP contribution < -0.4 is 10.2 Å². The summed E-state index contributed by atoms with van der Waals surface area (Å²) in [5.41, 5.74) is 8.41. The number of fused-ring (bicyclic) bond motifs is 1. The first-order chi connectivity index (χ1) is 16.5. The van der Waals surface area contributed by atoms with Gasteiger partial charge in [-0.1, -0.05) is 52.3 Å². The van der Waals surface area contributed by atoms with Crippen LogP contribution in [0.1, 0.15) is 35.1 Å². The van der Waals surface area contributed by atoms with E-state index in [0.717, 1.165) is 46.1 Å². The Morgan fingerprint density at radius 3 is 2.68 bits per heavy atom. The van der Waals surface area contributed by atoms with Gasteiger partial charge >= 0.3 is 0 Å². The summed E-state index contributed by atoms with van der Waals surface area (Å²) >= 11 is 3.49. The normalized spacial score (nSPS) is 11.3. The van der Waals surface area contributed by atoms with Gasteiger partial charge in [0.25, 0.3) is 0 Å². The van der Waals surface area contributed by atoms with Crippen molar-refractivity contribution >= 4 is 39.0 Å². The van der Waals surface area contributed by atoms with E-state index in [4.69, 9.17) is 4.74 Å². The van der Waals surface area contributed by atoms with E-state index >= 15 is 0 Å². The number of methoxy groups -OCH3 is 1. The molecule has 0 saturated heterocycles. The highest BCUT2D eigenvalue weighted by Crippen LogP contribution is 2.22. The third-order valence-electron chi connectivity index (χ3n) is 5.88. The molecule has 0 aliphatic carbocycles. The molecule has 4 rings (SSSR count). The molecule has 1 N–H and O–H groups in total. The average Bonchev–Trinajstić information content (AvgIpc) is 3.19. The lowest BCUT2D eigenvalue weighted by atomic mass is 10.0. The number of benzene rings is 3. The number of aromatic nitrogens is 1. The lowest BCUT2D eigenvalue weighted by Gasteiger charge is -2.07. The highest BCUT2D eigenvalue weighted by atomic mass is 79.9. The number of hydrogen-bond donors (Lipinski definition) is 1. The van der Waals surface area contributed by atoms with Crippen LogP contribution in [0.4, 0.5) is 0 Å². The Morgan fingerprint density at radius 1 is 1.12 bits per heavy atom. The third-order valence-corrected chi connectivity index (χ3v) is 6.41. The summed E-state index contributed by atoms with van der Waals surface area (Å²) in [4.78, 5) is 12.3. The minimum atomic E-state index is -0.0824. The van der Waals surface area contributed by atoms with E-state index in [1.54, 1.807) is 13.3 Å². The van der Waals surface area contributed by atoms with Crippen LogP contribution in [-0.4, -0.2) is 23.8 Å². The molecule has 0 fully saturated rings. The zero-order valence-electron chi connectivity index (χ0n) is 19.4. The molecule has 0 bridgehead atoms. The lowest BCUT2D eigenvalue weighted by Crippen LogP contribution is -2.17. The fraction of sp³-hybridized carbons (Fsp3) is 0.214. The second-order valence-corrected chi connectivity index (χ2v) is 9.21. The number of nitrogens with zero attached hydrogens (tertiary/aromatic N) is 2. The second kappa shape index (κ2) is 11.2. The van der Waals surface area contributed by atoms with Gasteiger partial charge in [0.05, 0.1) is 13.3 Å². The minimum absolute atomic E-state index is 0.0824. The number of amides is 1. The van der Waals surface area contributed by atoms with Crippen LogP contribution in [0.5, 0.6) is 5.75 Å². The summed E-state index contributed by atoms with van der Waals surface area (Å²) in [6.45, 7) is 2.83.